The molecule has 200 valence electrons. The van der Waals surface area contributed by atoms with Crippen LogP contribution in [0.3, 0.4) is 0 Å². The van der Waals surface area contributed by atoms with E-state index >= 15 is 4.39 Å². The zero-order valence-corrected chi connectivity index (χ0v) is 22.6. The fraction of sp³-hybridized carbons (Fsp3) is 0.500. The monoisotopic (exact) mass is 538 g/mol. The molecule has 1 aromatic carbocycles. The third-order valence-electron chi connectivity index (χ3n) is 8.32. The van der Waals surface area contributed by atoms with Gasteiger partial charge in [0, 0.05) is 22.7 Å². The van der Waals surface area contributed by atoms with Crippen LogP contribution in [0.5, 0.6) is 5.75 Å². The van der Waals surface area contributed by atoms with Crippen molar-refractivity contribution in [3.05, 3.63) is 42.5 Å². The van der Waals surface area contributed by atoms with E-state index in [9.17, 15) is 9.50 Å². The zero-order valence-electron chi connectivity index (χ0n) is 21.8. The number of aromatic nitrogens is 4. The van der Waals surface area contributed by atoms with E-state index in [2.05, 4.69) is 37.3 Å². The summed E-state index contributed by atoms with van der Waals surface area (Å²) in [6.45, 7) is 4.21. The Morgan fingerprint density at radius 1 is 1.08 bits per heavy atom. The molecule has 0 amide bonds. The molecule has 38 heavy (non-hydrogen) atoms. The number of alkyl halides is 1. The van der Waals surface area contributed by atoms with Gasteiger partial charge in [-0.1, -0.05) is 6.07 Å². The number of piperidine rings is 2. The topological polar surface area (TPSA) is 87.1 Å². The third kappa shape index (κ3) is 4.51. The van der Waals surface area contributed by atoms with E-state index in [1.165, 1.54) is 24.0 Å². The summed E-state index contributed by atoms with van der Waals surface area (Å²) in [5.74, 6) is 0.282. The summed E-state index contributed by atoms with van der Waals surface area (Å²) < 4.78 is 30.4. The minimum atomic E-state index is -1.03. The third-order valence-corrected chi connectivity index (χ3v) is 8.96. The van der Waals surface area contributed by atoms with Crippen molar-refractivity contribution in [2.45, 2.75) is 86.7 Å². The van der Waals surface area contributed by atoms with Gasteiger partial charge in [0.15, 0.2) is 11.6 Å². The Morgan fingerprint density at radius 2 is 1.89 bits per heavy atom. The second-order valence-electron chi connectivity index (χ2n) is 11.3. The van der Waals surface area contributed by atoms with E-state index in [0.717, 1.165) is 32.1 Å². The van der Waals surface area contributed by atoms with E-state index in [1.54, 1.807) is 24.4 Å². The number of hydrogen-bond acceptors (Lipinski definition) is 8. The summed E-state index contributed by atoms with van der Waals surface area (Å²) in [7, 11) is 0. The first-order valence-electron chi connectivity index (χ1n) is 13.1. The van der Waals surface area contributed by atoms with Crippen LogP contribution in [0.25, 0.3) is 22.5 Å². The second kappa shape index (κ2) is 9.41. The number of thioether (sulfide) groups is 1. The first-order valence-corrected chi connectivity index (χ1v) is 14.4. The van der Waals surface area contributed by atoms with E-state index < -0.39 is 17.5 Å². The van der Waals surface area contributed by atoms with Crippen LogP contribution in [0, 0.1) is 5.82 Å². The summed E-state index contributed by atoms with van der Waals surface area (Å²) in [5, 5.41) is 23.9. The number of fused-ring (bicyclic) bond motifs is 2. The van der Waals surface area contributed by atoms with Gasteiger partial charge in [0.1, 0.15) is 17.7 Å². The molecule has 0 radical (unpaired) electrons. The van der Waals surface area contributed by atoms with Crippen LogP contribution in [-0.2, 0) is 0 Å². The lowest BCUT2D eigenvalue weighted by Crippen LogP contribution is -2.73. The first-order chi connectivity index (χ1) is 18.2. The minimum Gasteiger partial charge on any atom is -0.507 e. The quantitative estimate of drug-likeness (QED) is 0.396. The molecule has 1 aliphatic carbocycles. The Kier molecular flexibility index (Phi) is 6.30. The Balaban J connectivity index is 1.28. The number of halogens is 2. The highest BCUT2D eigenvalue weighted by Crippen LogP contribution is 2.46. The smallest absolute Gasteiger partial charge is 0.185 e. The SMILES string of the molecule is CSc1cc(-c2ccc(-c3ncc(N(C4CC4)[C@@H]4C[C@@]5(C)CCC[C@](C)(N5)[C@@H]4F)nn3)c(O)c2)c(F)cn1. The summed E-state index contributed by atoms with van der Waals surface area (Å²) in [6.07, 6.45) is 9.24. The van der Waals surface area contributed by atoms with Crippen molar-refractivity contribution in [3.8, 4) is 28.3 Å². The second-order valence-corrected chi connectivity index (χ2v) is 12.2. The molecular weight excluding hydrogens is 506 g/mol. The summed E-state index contributed by atoms with van der Waals surface area (Å²) in [6, 6.07) is 6.46. The predicted octanol–water partition coefficient (Wildman–Crippen LogP) is 5.54. The molecular formula is C28H32F2N6OS. The van der Waals surface area contributed by atoms with Gasteiger partial charge in [-0.2, -0.15) is 0 Å². The van der Waals surface area contributed by atoms with Crippen LogP contribution in [-0.4, -0.2) is 60.9 Å². The molecule has 3 fully saturated rings. The molecule has 2 bridgehead atoms. The normalized spacial score (nSPS) is 28.8. The molecule has 1 saturated carbocycles. The minimum absolute atomic E-state index is 0.0751. The standard InChI is InChI=1S/C28H32F2N6OS/c1-27-9-4-10-28(2,35-27)25(30)21(13-27)36(17-6-7-17)23-15-32-26(34-33-23)18-8-5-16(11-22(18)37)19-12-24(38-3)31-14-20(19)29/h5,8,11-12,14-15,17,21,25,35,37H,4,6-7,9-10,13H2,1-3H3/t21-,25-,27-,28+/m1/s1. The number of nitrogens with zero attached hydrogens (tertiary/aromatic N) is 5. The van der Waals surface area contributed by atoms with Gasteiger partial charge in [-0.3, -0.25) is 0 Å². The highest BCUT2D eigenvalue weighted by Gasteiger charge is 2.55. The fourth-order valence-corrected chi connectivity index (χ4v) is 6.77. The molecule has 0 unspecified atom stereocenters. The number of aromatic hydroxyl groups is 1. The Bertz CT molecular complexity index is 1360. The molecule has 2 N–H and O–H groups in total. The number of anilines is 1. The lowest BCUT2D eigenvalue weighted by Gasteiger charge is -2.57. The first kappa shape index (κ1) is 25.4. The van der Waals surface area contributed by atoms with Gasteiger partial charge in [-0.15, -0.1) is 22.0 Å². The Labute approximate surface area is 225 Å². The Morgan fingerprint density at radius 3 is 2.58 bits per heavy atom. The summed E-state index contributed by atoms with van der Waals surface area (Å²) >= 11 is 1.42. The maximum absolute atomic E-state index is 16.0. The van der Waals surface area contributed by atoms with Crippen molar-refractivity contribution in [3.63, 3.8) is 0 Å². The Hall–Kier alpha value is -2.85. The molecule has 2 aromatic heterocycles. The average molecular weight is 539 g/mol. The van der Waals surface area contributed by atoms with Crippen molar-refractivity contribution >= 4 is 17.6 Å². The van der Waals surface area contributed by atoms with Crippen LogP contribution in [0.4, 0.5) is 14.6 Å². The van der Waals surface area contributed by atoms with Gasteiger partial charge >= 0.3 is 0 Å². The molecule has 6 rings (SSSR count). The largest absolute Gasteiger partial charge is 0.507 e. The molecule has 2 saturated heterocycles. The molecule has 4 heterocycles. The lowest BCUT2D eigenvalue weighted by atomic mass is 9.68. The maximum atomic E-state index is 16.0. The summed E-state index contributed by atoms with van der Waals surface area (Å²) in [5.41, 5.74) is 0.619. The van der Waals surface area contributed by atoms with E-state index in [0.29, 0.717) is 34.0 Å². The maximum Gasteiger partial charge on any atom is 0.185 e. The predicted molar refractivity (Wildman–Crippen MR) is 144 cm³/mol. The van der Waals surface area contributed by atoms with Crippen LogP contribution < -0.4 is 10.2 Å². The van der Waals surface area contributed by atoms with E-state index in [1.807, 2.05) is 13.2 Å². The van der Waals surface area contributed by atoms with E-state index in [-0.39, 0.29) is 29.2 Å². The van der Waals surface area contributed by atoms with Crippen LogP contribution in [0.15, 0.2) is 41.7 Å². The molecule has 0 spiro atoms. The van der Waals surface area contributed by atoms with Crippen molar-refractivity contribution in [2.75, 3.05) is 11.2 Å². The molecule has 10 heteroatoms. The fourth-order valence-electron chi connectivity index (χ4n) is 6.38. The highest BCUT2D eigenvalue weighted by atomic mass is 32.2. The molecule has 7 nitrogen and oxygen atoms in total. The molecule has 3 aromatic rings. The van der Waals surface area contributed by atoms with Crippen molar-refractivity contribution in [2.24, 2.45) is 0 Å². The van der Waals surface area contributed by atoms with Crippen molar-refractivity contribution < 1.29 is 13.9 Å². The number of hydrogen-bond donors (Lipinski definition) is 2. The number of phenolic OH excluding ortho intramolecular Hbond substituents is 1. The van der Waals surface area contributed by atoms with Gasteiger partial charge in [0.25, 0.3) is 0 Å². The zero-order chi connectivity index (χ0) is 26.7. The lowest BCUT2D eigenvalue weighted by molar-refractivity contribution is 0.000258. The highest BCUT2D eigenvalue weighted by molar-refractivity contribution is 7.98. The number of rotatable bonds is 6. The van der Waals surface area contributed by atoms with Gasteiger partial charge in [-0.25, -0.2) is 18.7 Å². The van der Waals surface area contributed by atoms with Crippen molar-refractivity contribution in [1.29, 1.82) is 0 Å². The molecule has 2 aliphatic heterocycles. The van der Waals surface area contributed by atoms with Gasteiger partial charge < -0.3 is 15.3 Å². The molecule has 4 atom stereocenters. The van der Waals surface area contributed by atoms with E-state index in [4.69, 9.17) is 0 Å². The molecule has 3 aliphatic rings. The van der Waals surface area contributed by atoms with Gasteiger partial charge in [0.2, 0.25) is 0 Å². The average Bonchev–Trinajstić information content (AvgIpc) is 3.73. The van der Waals surface area contributed by atoms with Gasteiger partial charge in [0.05, 0.1) is 29.0 Å². The number of phenols is 1. The number of benzene rings is 1. The number of pyridine rings is 1. The van der Waals surface area contributed by atoms with Crippen molar-refractivity contribution in [1.82, 2.24) is 25.5 Å². The number of nitrogens with one attached hydrogen (secondary N) is 1. The van der Waals surface area contributed by atoms with Crippen LogP contribution in [0.1, 0.15) is 52.4 Å². The van der Waals surface area contributed by atoms with Crippen LogP contribution in [0.2, 0.25) is 0 Å². The summed E-state index contributed by atoms with van der Waals surface area (Å²) in [4.78, 5) is 10.7. The van der Waals surface area contributed by atoms with Crippen LogP contribution >= 0.6 is 11.8 Å². The van der Waals surface area contributed by atoms with Gasteiger partial charge in [-0.05, 0) is 82.4 Å².